The third kappa shape index (κ3) is 3.47. The molecular formula is C14H24N2O3. The number of hydrogen-bond acceptors (Lipinski definition) is 3. The first kappa shape index (κ1) is 14.3. The van der Waals surface area contributed by atoms with Gasteiger partial charge in [0.15, 0.2) is 0 Å². The Balaban J connectivity index is 1.88. The Morgan fingerprint density at radius 1 is 1.26 bits per heavy atom. The number of piperidine rings is 1. The molecule has 4 atom stereocenters. The van der Waals surface area contributed by atoms with Crippen molar-refractivity contribution in [2.75, 3.05) is 0 Å². The highest BCUT2D eigenvalue weighted by molar-refractivity contribution is 5.87. The molecule has 108 valence electrons. The first-order valence-corrected chi connectivity index (χ1v) is 7.41. The van der Waals surface area contributed by atoms with Gasteiger partial charge in [0.2, 0.25) is 5.91 Å². The van der Waals surface area contributed by atoms with Gasteiger partial charge in [-0.2, -0.15) is 0 Å². The summed E-state index contributed by atoms with van der Waals surface area (Å²) in [5.74, 6) is -0.403. The van der Waals surface area contributed by atoms with Gasteiger partial charge in [-0.15, -0.1) is 0 Å². The second kappa shape index (κ2) is 6.37. The summed E-state index contributed by atoms with van der Waals surface area (Å²) in [6, 6.07) is -0.533. The number of carboxylic acid groups (broad SMARTS) is 1. The van der Waals surface area contributed by atoms with Crippen LogP contribution in [0.5, 0.6) is 0 Å². The molecule has 3 N–H and O–H groups in total. The number of carboxylic acids is 1. The number of carbonyl (C=O) groups excluding carboxylic acids is 1. The Morgan fingerprint density at radius 3 is 2.68 bits per heavy atom. The fourth-order valence-corrected chi connectivity index (χ4v) is 3.31. The Kier molecular flexibility index (Phi) is 4.80. The van der Waals surface area contributed by atoms with E-state index < -0.39 is 12.0 Å². The van der Waals surface area contributed by atoms with Crippen molar-refractivity contribution >= 4 is 11.9 Å². The average molecular weight is 268 g/mol. The third-order valence-electron chi connectivity index (χ3n) is 4.49. The second-order valence-corrected chi connectivity index (χ2v) is 5.76. The van der Waals surface area contributed by atoms with E-state index in [4.69, 9.17) is 5.11 Å². The van der Waals surface area contributed by atoms with E-state index in [0.717, 1.165) is 19.3 Å². The number of rotatable bonds is 4. The fraction of sp³-hybridized carbons (Fsp3) is 0.857. The number of nitrogens with one attached hydrogen (secondary N) is 2. The summed E-state index contributed by atoms with van der Waals surface area (Å²) < 4.78 is 0. The van der Waals surface area contributed by atoms with Crippen LogP contribution < -0.4 is 10.6 Å². The molecule has 0 aromatic carbocycles. The van der Waals surface area contributed by atoms with Gasteiger partial charge >= 0.3 is 5.97 Å². The summed E-state index contributed by atoms with van der Waals surface area (Å²) >= 11 is 0. The van der Waals surface area contributed by atoms with E-state index in [1.165, 1.54) is 19.3 Å². The van der Waals surface area contributed by atoms with Crippen LogP contribution in [0.15, 0.2) is 0 Å². The highest BCUT2D eigenvalue weighted by Crippen LogP contribution is 2.32. The molecule has 0 aromatic rings. The van der Waals surface area contributed by atoms with Gasteiger partial charge in [-0.05, 0) is 38.0 Å². The van der Waals surface area contributed by atoms with E-state index in [9.17, 15) is 9.59 Å². The summed E-state index contributed by atoms with van der Waals surface area (Å²) in [6.45, 7) is 1.77. The van der Waals surface area contributed by atoms with Crippen LogP contribution in [0.25, 0.3) is 0 Å². The van der Waals surface area contributed by atoms with E-state index in [0.29, 0.717) is 18.4 Å². The first-order valence-electron chi connectivity index (χ1n) is 7.41. The highest BCUT2D eigenvalue weighted by atomic mass is 16.4. The van der Waals surface area contributed by atoms with Gasteiger partial charge in [0.05, 0.1) is 6.04 Å². The second-order valence-electron chi connectivity index (χ2n) is 5.76. The van der Waals surface area contributed by atoms with Crippen LogP contribution in [0.3, 0.4) is 0 Å². The molecule has 5 heteroatoms. The number of carbonyl (C=O) groups is 2. The molecule has 5 nitrogen and oxygen atoms in total. The molecule has 1 aliphatic heterocycles. The van der Waals surface area contributed by atoms with Crippen molar-refractivity contribution in [3.05, 3.63) is 0 Å². The molecule has 0 spiro atoms. The van der Waals surface area contributed by atoms with Crippen molar-refractivity contribution in [2.45, 2.75) is 70.0 Å². The van der Waals surface area contributed by atoms with E-state index in [-0.39, 0.29) is 11.9 Å². The summed E-state index contributed by atoms with van der Waals surface area (Å²) in [5.41, 5.74) is 0. The monoisotopic (exact) mass is 268 g/mol. The Hall–Kier alpha value is -1.10. The fourth-order valence-electron chi connectivity index (χ4n) is 3.31. The van der Waals surface area contributed by atoms with E-state index >= 15 is 0 Å². The zero-order chi connectivity index (χ0) is 13.8. The van der Waals surface area contributed by atoms with Gasteiger partial charge in [-0.3, -0.25) is 4.79 Å². The minimum atomic E-state index is -0.956. The van der Waals surface area contributed by atoms with E-state index in [2.05, 4.69) is 10.6 Å². The number of amides is 1. The van der Waals surface area contributed by atoms with Crippen LogP contribution in [0.1, 0.15) is 51.9 Å². The normalized spacial score (nSPS) is 32.2. The van der Waals surface area contributed by atoms with Crippen LogP contribution >= 0.6 is 0 Å². The lowest BCUT2D eigenvalue weighted by molar-refractivity contribution is -0.142. The van der Waals surface area contributed by atoms with Gasteiger partial charge in [0.25, 0.3) is 0 Å². The van der Waals surface area contributed by atoms with E-state index in [1.807, 2.05) is 0 Å². The molecule has 4 unspecified atom stereocenters. The maximum Gasteiger partial charge on any atom is 0.326 e. The van der Waals surface area contributed by atoms with Crippen molar-refractivity contribution in [1.29, 1.82) is 0 Å². The smallest absolute Gasteiger partial charge is 0.326 e. The van der Waals surface area contributed by atoms with Crippen molar-refractivity contribution in [2.24, 2.45) is 5.92 Å². The molecular weight excluding hydrogens is 244 g/mol. The van der Waals surface area contributed by atoms with Crippen LogP contribution in [-0.4, -0.2) is 35.1 Å². The van der Waals surface area contributed by atoms with Crippen molar-refractivity contribution < 1.29 is 14.7 Å². The maximum atomic E-state index is 12.1. The lowest BCUT2D eigenvalue weighted by Crippen LogP contribution is -2.57. The van der Waals surface area contributed by atoms with Crippen molar-refractivity contribution in [3.8, 4) is 0 Å². The number of hydrogen-bond donors (Lipinski definition) is 3. The quantitative estimate of drug-likeness (QED) is 0.717. The van der Waals surface area contributed by atoms with Gasteiger partial charge in [0, 0.05) is 6.04 Å². The van der Waals surface area contributed by atoms with Crippen molar-refractivity contribution in [1.82, 2.24) is 10.6 Å². The zero-order valence-corrected chi connectivity index (χ0v) is 11.5. The van der Waals surface area contributed by atoms with Gasteiger partial charge in [0.1, 0.15) is 6.04 Å². The number of fused-ring (bicyclic) bond motifs is 1. The predicted octanol–water partition coefficient (Wildman–Crippen LogP) is 1.28. The lowest BCUT2D eigenvalue weighted by Gasteiger charge is -2.40. The Morgan fingerprint density at radius 2 is 2.00 bits per heavy atom. The summed E-state index contributed by atoms with van der Waals surface area (Å²) in [7, 11) is 0. The molecule has 1 heterocycles. The summed E-state index contributed by atoms with van der Waals surface area (Å²) in [6.07, 6.45) is 7.26. The topological polar surface area (TPSA) is 78.4 Å². The molecule has 2 aliphatic rings. The zero-order valence-electron chi connectivity index (χ0n) is 11.5. The molecule has 0 aromatic heterocycles. The van der Waals surface area contributed by atoms with E-state index in [1.54, 1.807) is 6.92 Å². The van der Waals surface area contributed by atoms with Gasteiger partial charge in [-0.1, -0.05) is 19.8 Å². The van der Waals surface area contributed by atoms with Crippen LogP contribution in [0, 0.1) is 5.92 Å². The molecule has 19 heavy (non-hydrogen) atoms. The van der Waals surface area contributed by atoms with Gasteiger partial charge in [-0.25, -0.2) is 4.79 Å². The number of aliphatic carboxylic acids is 1. The van der Waals surface area contributed by atoms with Crippen LogP contribution in [0.4, 0.5) is 0 Å². The van der Waals surface area contributed by atoms with Crippen LogP contribution in [0.2, 0.25) is 0 Å². The summed E-state index contributed by atoms with van der Waals surface area (Å²) in [4.78, 5) is 23.1. The average Bonchev–Trinajstić information content (AvgIpc) is 2.43. The molecule has 1 saturated heterocycles. The largest absolute Gasteiger partial charge is 0.480 e. The molecule has 2 fully saturated rings. The molecule has 1 aliphatic carbocycles. The van der Waals surface area contributed by atoms with Crippen LogP contribution in [-0.2, 0) is 9.59 Å². The third-order valence-corrected chi connectivity index (χ3v) is 4.49. The molecule has 0 bridgehead atoms. The molecule has 2 rings (SSSR count). The minimum absolute atomic E-state index is 0.154. The molecule has 1 amide bonds. The highest BCUT2D eigenvalue weighted by Gasteiger charge is 2.35. The Labute approximate surface area is 114 Å². The summed E-state index contributed by atoms with van der Waals surface area (Å²) in [5, 5.41) is 15.0. The molecule has 1 saturated carbocycles. The predicted molar refractivity (Wildman–Crippen MR) is 71.8 cm³/mol. The first-order chi connectivity index (χ1) is 9.11. The lowest BCUT2D eigenvalue weighted by atomic mass is 9.77. The SMILES string of the molecule is CCC(NC(=O)C1CCC2CCCCC2N1)C(=O)O. The Bertz CT molecular complexity index is 346. The van der Waals surface area contributed by atoms with Gasteiger partial charge < -0.3 is 15.7 Å². The minimum Gasteiger partial charge on any atom is -0.480 e. The standard InChI is InChI=1S/C14H24N2O3/c1-2-10(14(18)19)16-13(17)12-8-7-9-5-3-4-6-11(9)15-12/h9-12,15H,2-8H2,1H3,(H,16,17)(H,18,19). The van der Waals surface area contributed by atoms with Crippen molar-refractivity contribution in [3.63, 3.8) is 0 Å². The molecule has 0 radical (unpaired) electrons. The maximum absolute atomic E-state index is 12.1.